The van der Waals surface area contributed by atoms with Crippen molar-refractivity contribution in [3.8, 4) is 5.88 Å². The third-order valence-electron chi connectivity index (χ3n) is 3.94. The van der Waals surface area contributed by atoms with Crippen molar-refractivity contribution in [3.05, 3.63) is 93.5 Å². The molecule has 1 aromatic heterocycles. The van der Waals surface area contributed by atoms with Crippen LogP contribution in [0.25, 0.3) is 0 Å². The van der Waals surface area contributed by atoms with E-state index in [1.165, 1.54) is 0 Å². The predicted molar refractivity (Wildman–Crippen MR) is 117 cm³/mol. The summed E-state index contributed by atoms with van der Waals surface area (Å²) in [6.45, 7) is 12.5. The Kier molecular flexibility index (Phi) is 10.3. The van der Waals surface area contributed by atoms with Crippen molar-refractivity contribution in [1.29, 1.82) is 0 Å². The Balaban J connectivity index is 0.000000921. The molecule has 3 aromatic rings. The van der Waals surface area contributed by atoms with Gasteiger partial charge in [-0.2, -0.15) is 4.98 Å². The first-order chi connectivity index (χ1) is 13.6. The van der Waals surface area contributed by atoms with E-state index in [0.717, 1.165) is 11.1 Å². The van der Waals surface area contributed by atoms with Gasteiger partial charge >= 0.3 is 0 Å². The molecule has 0 saturated carbocycles. The Labute approximate surface area is 168 Å². The summed E-state index contributed by atoms with van der Waals surface area (Å²) in [4.78, 5) is 17.2. The summed E-state index contributed by atoms with van der Waals surface area (Å²) in [5, 5.41) is 0. The summed E-state index contributed by atoms with van der Waals surface area (Å²) in [7, 11) is 0. The molecule has 0 saturated heterocycles. The number of ether oxygens (including phenoxy) is 1. The van der Waals surface area contributed by atoms with Gasteiger partial charge in [-0.05, 0) is 25.0 Å². The number of benzene rings is 2. The van der Waals surface area contributed by atoms with Gasteiger partial charge < -0.3 is 4.74 Å². The van der Waals surface area contributed by atoms with E-state index < -0.39 is 0 Å². The number of aryl methyl sites for hydroxylation is 1. The third-order valence-corrected chi connectivity index (χ3v) is 3.94. The Morgan fingerprint density at radius 3 is 1.86 bits per heavy atom. The summed E-state index contributed by atoms with van der Waals surface area (Å²) in [6.07, 6.45) is 0. The predicted octanol–water partition coefficient (Wildman–Crippen LogP) is 5.54. The van der Waals surface area contributed by atoms with E-state index in [9.17, 15) is 4.79 Å². The molecule has 0 spiro atoms. The van der Waals surface area contributed by atoms with Gasteiger partial charge in [0.15, 0.2) is 0 Å². The zero-order valence-corrected chi connectivity index (χ0v) is 17.9. The highest BCUT2D eigenvalue weighted by molar-refractivity contribution is 5.25. The quantitative estimate of drug-likeness (QED) is 0.584. The highest BCUT2D eigenvalue weighted by atomic mass is 16.5. The molecule has 0 aliphatic carbocycles. The normalized spacial score (nSPS) is 9.50. The zero-order chi connectivity index (χ0) is 20.9. The fraction of sp³-hybridized carbons (Fsp3) is 0.333. The maximum atomic E-state index is 12.7. The SMILES string of the molecule is CC.CC.Cc1c(OCc2ccccc2)nc(C)n(Cc2ccccc2)c1=O. The molecule has 0 aliphatic heterocycles. The van der Waals surface area contributed by atoms with E-state index >= 15 is 0 Å². The second-order valence-corrected chi connectivity index (χ2v) is 5.74. The Morgan fingerprint density at radius 1 is 0.821 bits per heavy atom. The fourth-order valence-corrected chi connectivity index (χ4v) is 2.55. The van der Waals surface area contributed by atoms with Crippen LogP contribution in [-0.4, -0.2) is 9.55 Å². The van der Waals surface area contributed by atoms with Gasteiger partial charge in [0.25, 0.3) is 5.56 Å². The van der Waals surface area contributed by atoms with Gasteiger partial charge in [0, 0.05) is 0 Å². The van der Waals surface area contributed by atoms with Crippen molar-refractivity contribution in [2.24, 2.45) is 0 Å². The third kappa shape index (κ3) is 6.38. The van der Waals surface area contributed by atoms with Gasteiger partial charge in [0.1, 0.15) is 12.4 Å². The molecule has 0 unspecified atom stereocenters. The number of aromatic nitrogens is 2. The van der Waals surface area contributed by atoms with Crippen LogP contribution in [0, 0.1) is 13.8 Å². The lowest BCUT2D eigenvalue weighted by Crippen LogP contribution is -2.27. The van der Waals surface area contributed by atoms with Crippen LogP contribution in [0.4, 0.5) is 0 Å². The maximum absolute atomic E-state index is 12.7. The monoisotopic (exact) mass is 380 g/mol. The van der Waals surface area contributed by atoms with Gasteiger partial charge in [-0.15, -0.1) is 0 Å². The lowest BCUT2D eigenvalue weighted by atomic mass is 10.2. The van der Waals surface area contributed by atoms with Crippen LogP contribution in [0.15, 0.2) is 65.5 Å². The van der Waals surface area contributed by atoms with E-state index in [2.05, 4.69) is 4.98 Å². The molecule has 150 valence electrons. The molecule has 0 radical (unpaired) electrons. The van der Waals surface area contributed by atoms with Gasteiger partial charge in [-0.3, -0.25) is 9.36 Å². The Hall–Kier alpha value is -2.88. The highest BCUT2D eigenvalue weighted by Crippen LogP contribution is 2.14. The van der Waals surface area contributed by atoms with Gasteiger partial charge in [-0.1, -0.05) is 88.4 Å². The van der Waals surface area contributed by atoms with Crippen LogP contribution in [0.2, 0.25) is 0 Å². The molecule has 0 atom stereocenters. The molecule has 0 amide bonds. The second kappa shape index (κ2) is 12.5. The molecule has 0 fully saturated rings. The first kappa shape index (κ1) is 23.2. The topological polar surface area (TPSA) is 44.1 Å². The highest BCUT2D eigenvalue weighted by Gasteiger charge is 2.12. The molecule has 2 aromatic carbocycles. The van der Waals surface area contributed by atoms with Crippen molar-refractivity contribution in [3.63, 3.8) is 0 Å². The molecule has 1 heterocycles. The molecule has 28 heavy (non-hydrogen) atoms. The van der Waals surface area contributed by atoms with E-state index in [-0.39, 0.29) is 5.56 Å². The van der Waals surface area contributed by atoms with E-state index in [4.69, 9.17) is 4.74 Å². The average molecular weight is 381 g/mol. The number of hydrogen-bond donors (Lipinski definition) is 0. The zero-order valence-electron chi connectivity index (χ0n) is 17.9. The first-order valence-electron chi connectivity index (χ1n) is 9.94. The molecule has 0 bridgehead atoms. The lowest BCUT2D eigenvalue weighted by molar-refractivity contribution is 0.288. The van der Waals surface area contributed by atoms with Crippen LogP contribution >= 0.6 is 0 Å². The smallest absolute Gasteiger partial charge is 0.260 e. The van der Waals surface area contributed by atoms with Gasteiger partial charge in [0.05, 0.1) is 12.1 Å². The molecule has 3 rings (SSSR count). The molecule has 0 aliphatic rings. The molecule has 4 nitrogen and oxygen atoms in total. The summed E-state index contributed by atoms with van der Waals surface area (Å²) in [6, 6.07) is 19.7. The number of rotatable bonds is 5. The Morgan fingerprint density at radius 2 is 1.32 bits per heavy atom. The van der Waals surface area contributed by atoms with Crippen LogP contribution in [0.1, 0.15) is 50.2 Å². The van der Waals surface area contributed by atoms with Gasteiger partial charge in [0.2, 0.25) is 5.88 Å². The molecule has 0 N–H and O–H groups in total. The summed E-state index contributed by atoms with van der Waals surface area (Å²) >= 11 is 0. The minimum Gasteiger partial charge on any atom is -0.472 e. The Bertz CT molecular complexity index is 872. The first-order valence-corrected chi connectivity index (χ1v) is 9.94. The van der Waals surface area contributed by atoms with Crippen LogP contribution in [0.3, 0.4) is 0 Å². The second-order valence-electron chi connectivity index (χ2n) is 5.74. The van der Waals surface area contributed by atoms with E-state index in [0.29, 0.717) is 30.4 Å². The largest absolute Gasteiger partial charge is 0.472 e. The van der Waals surface area contributed by atoms with E-state index in [1.54, 1.807) is 11.5 Å². The molecular formula is C24H32N2O2. The van der Waals surface area contributed by atoms with Crippen molar-refractivity contribution in [2.75, 3.05) is 0 Å². The standard InChI is InChI=1S/C20H20N2O2.2C2H6/c1-15-19(24-14-18-11-7-4-8-12-18)21-16(2)22(20(15)23)13-17-9-5-3-6-10-17;2*1-2/h3-12H,13-14H2,1-2H3;2*1-2H3. The number of nitrogens with zero attached hydrogens (tertiary/aromatic N) is 2. The summed E-state index contributed by atoms with van der Waals surface area (Å²) < 4.78 is 7.45. The van der Waals surface area contributed by atoms with Crippen molar-refractivity contribution in [1.82, 2.24) is 9.55 Å². The van der Waals surface area contributed by atoms with Crippen LogP contribution < -0.4 is 10.3 Å². The molecular weight excluding hydrogens is 348 g/mol. The van der Waals surface area contributed by atoms with Crippen molar-refractivity contribution >= 4 is 0 Å². The van der Waals surface area contributed by atoms with Crippen molar-refractivity contribution in [2.45, 2.75) is 54.7 Å². The van der Waals surface area contributed by atoms with Crippen molar-refractivity contribution < 1.29 is 4.74 Å². The summed E-state index contributed by atoms with van der Waals surface area (Å²) in [5.41, 5.74) is 2.59. The maximum Gasteiger partial charge on any atom is 0.260 e. The van der Waals surface area contributed by atoms with Crippen LogP contribution in [0.5, 0.6) is 5.88 Å². The average Bonchev–Trinajstić information content (AvgIpc) is 2.77. The minimum absolute atomic E-state index is 0.0607. The number of hydrogen-bond acceptors (Lipinski definition) is 3. The van der Waals surface area contributed by atoms with Crippen LogP contribution in [-0.2, 0) is 13.2 Å². The minimum atomic E-state index is -0.0607. The van der Waals surface area contributed by atoms with E-state index in [1.807, 2.05) is 95.3 Å². The summed E-state index contributed by atoms with van der Waals surface area (Å²) in [5.74, 6) is 1.06. The van der Waals surface area contributed by atoms with Gasteiger partial charge in [-0.25, -0.2) is 0 Å². The molecule has 4 heteroatoms. The lowest BCUT2D eigenvalue weighted by Gasteiger charge is -2.14. The fourth-order valence-electron chi connectivity index (χ4n) is 2.55.